The fraction of sp³-hybridized carbons (Fsp3) is 0.429. The predicted octanol–water partition coefficient (Wildman–Crippen LogP) is 3.51. The van der Waals surface area contributed by atoms with Gasteiger partial charge >= 0.3 is 6.09 Å². The number of anilines is 3. The molecule has 1 unspecified atom stereocenters. The summed E-state index contributed by atoms with van der Waals surface area (Å²) in [5.41, 5.74) is 1.42. The Morgan fingerprint density at radius 2 is 1.88 bits per heavy atom. The van der Waals surface area contributed by atoms with E-state index in [0.717, 1.165) is 23.9 Å². The Balaban J connectivity index is 1.19. The van der Waals surface area contributed by atoms with Crippen molar-refractivity contribution in [1.82, 2.24) is 25.0 Å². The first-order valence-corrected chi connectivity index (χ1v) is 13.5. The van der Waals surface area contributed by atoms with E-state index in [4.69, 9.17) is 4.74 Å². The summed E-state index contributed by atoms with van der Waals surface area (Å²) in [4.78, 5) is 57.7. The Morgan fingerprint density at radius 3 is 2.60 bits per heavy atom. The molecule has 5 heterocycles. The summed E-state index contributed by atoms with van der Waals surface area (Å²) in [5.74, 6) is -0.704. The van der Waals surface area contributed by atoms with Gasteiger partial charge < -0.3 is 15.0 Å². The third kappa shape index (κ3) is 4.63. The zero-order valence-corrected chi connectivity index (χ0v) is 22.6. The van der Waals surface area contributed by atoms with Crippen LogP contribution in [0.4, 0.5) is 22.0 Å². The second-order valence-electron chi connectivity index (χ2n) is 11.4. The lowest BCUT2D eigenvalue weighted by Crippen LogP contribution is -2.53. The maximum absolute atomic E-state index is 13.3. The van der Waals surface area contributed by atoms with E-state index in [2.05, 4.69) is 20.7 Å². The smallest absolute Gasteiger partial charge is 0.410 e. The van der Waals surface area contributed by atoms with Crippen LogP contribution in [0.15, 0.2) is 36.8 Å². The quantitative estimate of drug-likeness (QED) is 0.475. The van der Waals surface area contributed by atoms with E-state index < -0.39 is 17.6 Å². The standard InChI is InChI=1S/C28H31N7O5/c1-28(2,3)40-27(39)33-11-9-17(10-12-33)34-15-16(13-30-34)31-20-14-29-24-23-18(20)5-4-6-19(23)26(38)35(24)21-7-8-22(36)32-25(21)37/h4-6,13-15,17,21,31H,7-12H2,1-3H3,(H,32,36,37). The fourth-order valence-corrected chi connectivity index (χ4v) is 5.58. The minimum absolute atomic E-state index is 0.153. The Bertz CT molecular complexity index is 1530. The number of hydrogen-bond acceptors (Lipinski definition) is 8. The molecular formula is C28H31N7O5. The lowest BCUT2D eigenvalue weighted by molar-refractivity contribution is -0.134. The van der Waals surface area contributed by atoms with Crippen LogP contribution >= 0.6 is 0 Å². The first-order chi connectivity index (χ1) is 19.1. The van der Waals surface area contributed by atoms with Crippen molar-refractivity contribution in [3.8, 4) is 0 Å². The molecule has 12 heteroatoms. The fourth-order valence-electron chi connectivity index (χ4n) is 5.58. The molecular weight excluding hydrogens is 514 g/mol. The molecule has 208 valence electrons. The van der Waals surface area contributed by atoms with Crippen molar-refractivity contribution in [3.63, 3.8) is 0 Å². The van der Waals surface area contributed by atoms with Gasteiger partial charge in [-0.15, -0.1) is 0 Å². The highest BCUT2D eigenvalue weighted by atomic mass is 16.6. The Morgan fingerprint density at radius 1 is 1.10 bits per heavy atom. The molecule has 3 aliphatic rings. The molecule has 0 radical (unpaired) electrons. The Labute approximate surface area is 230 Å². The highest BCUT2D eigenvalue weighted by molar-refractivity contribution is 6.27. The van der Waals surface area contributed by atoms with Gasteiger partial charge in [-0.3, -0.25) is 29.3 Å². The van der Waals surface area contributed by atoms with Crippen LogP contribution < -0.4 is 15.5 Å². The molecule has 0 spiro atoms. The number of carbonyl (C=O) groups excluding carboxylic acids is 4. The zero-order chi connectivity index (χ0) is 28.2. The number of benzene rings is 1. The highest BCUT2D eigenvalue weighted by Gasteiger charge is 2.42. The lowest BCUT2D eigenvalue weighted by Gasteiger charge is -2.33. The van der Waals surface area contributed by atoms with Crippen LogP contribution in [0.1, 0.15) is 62.9 Å². The van der Waals surface area contributed by atoms with E-state index in [1.807, 2.05) is 37.7 Å². The second kappa shape index (κ2) is 9.61. The number of nitrogens with one attached hydrogen (secondary N) is 2. The number of carbonyl (C=O) groups is 4. The molecule has 40 heavy (non-hydrogen) atoms. The van der Waals surface area contributed by atoms with Crippen molar-refractivity contribution in [2.75, 3.05) is 23.3 Å². The number of hydrogen-bond donors (Lipinski definition) is 2. The van der Waals surface area contributed by atoms with E-state index in [0.29, 0.717) is 35.5 Å². The maximum atomic E-state index is 13.3. The van der Waals surface area contributed by atoms with Gasteiger partial charge in [-0.2, -0.15) is 5.10 Å². The van der Waals surface area contributed by atoms with E-state index in [1.165, 1.54) is 4.90 Å². The largest absolute Gasteiger partial charge is 0.444 e. The van der Waals surface area contributed by atoms with Gasteiger partial charge in [0.15, 0.2) is 0 Å². The van der Waals surface area contributed by atoms with Gasteiger partial charge in [0.1, 0.15) is 17.5 Å². The van der Waals surface area contributed by atoms with Gasteiger partial charge in [0.25, 0.3) is 5.91 Å². The number of pyridine rings is 1. The van der Waals surface area contributed by atoms with Crippen LogP contribution in [-0.4, -0.2) is 68.2 Å². The number of piperidine rings is 2. The average Bonchev–Trinajstić information content (AvgIpc) is 3.49. The molecule has 0 aliphatic carbocycles. The predicted molar refractivity (Wildman–Crippen MR) is 146 cm³/mol. The number of rotatable bonds is 4. The summed E-state index contributed by atoms with van der Waals surface area (Å²) in [5, 5.41) is 11.7. The molecule has 1 aromatic carbocycles. The van der Waals surface area contributed by atoms with Gasteiger partial charge in [-0.1, -0.05) is 12.1 Å². The van der Waals surface area contributed by atoms with Crippen molar-refractivity contribution in [3.05, 3.63) is 42.4 Å². The Hall–Kier alpha value is -4.48. The van der Waals surface area contributed by atoms with Crippen molar-refractivity contribution < 1.29 is 23.9 Å². The van der Waals surface area contributed by atoms with Crippen LogP contribution in [-0.2, 0) is 14.3 Å². The van der Waals surface area contributed by atoms with Crippen LogP contribution in [0.5, 0.6) is 0 Å². The van der Waals surface area contributed by atoms with E-state index in [-0.39, 0.29) is 36.8 Å². The molecule has 0 saturated carbocycles. The molecule has 12 nitrogen and oxygen atoms in total. The molecule has 0 bridgehead atoms. The van der Waals surface area contributed by atoms with Crippen molar-refractivity contribution >= 4 is 51.8 Å². The monoisotopic (exact) mass is 545 g/mol. The van der Waals surface area contributed by atoms with Crippen LogP contribution in [0.25, 0.3) is 10.8 Å². The summed E-state index contributed by atoms with van der Waals surface area (Å²) in [7, 11) is 0. The lowest BCUT2D eigenvalue weighted by atomic mass is 10.0. The van der Waals surface area contributed by atoms with Gasteiger partial charge in [0, 0.05) is 36.5 Å². The van der Waals surface area contributed by atoms with Gasteiger partial charge in [0.05, 0.1) is 35.4 Å². The number of ether oxygens (including phenoxy) is 1. The minimum atomic E-state index is -0.785. The molecule has 4 amide bonds. The minimum Gasteiger partial charge on any atom is -0.444 e. The highest BCUT2D eigenvalue weighted by Crippen LogP contribution is 2.41. The summed E-state index contributed by atoms with van der Waals surface area (Å²) in [6, 6.07) is 4.81. The van der Waals surface area contributed by atoms with Crippen molar-refractivity contribution in [2.45, 2.75) is 64.1 Å². The summed E-state index contributed by atoms with van der Waals surface area (Å²) in [6.45, 7) is 6.77. The van der Waals surface area contributed by atoms with E-state index in [1.54, 1.807) is 29.4 Å². The summed E-state index contributed by atoms with van der Waals surface area (Å²) < 4.78 is 7.41. The second-order valence-corrected chi connectivity index (χ2v) is 11.4. The summed E-state index contributed by atoms with van der Waals surface area (Å²) >= 11 is 0. The molecule has 6 rings (SSSR count). The number of imide groups is 1. The third-order valence-electron chi connectivity index (χ3n) is 7.46. The molecule has 2 fully saturated rings. The normalized spacial score (nSPS) is 19.8. The summed E-state index contributed by atoms with van der Waals surface area (Å²) in [6.07, 6.45) is 6.98. The molecule has 2 N–H and O–H groups in total. The number of amides is 4. The van der Waals surface area contributed by atoms with Crippen LogP contribution in [0.2, 0.25) is 0 Å². The molecule has 2 aromatic heterocycles. The van der Waals surface area contributed by atoms with Gasteiger partial charge in [-0.05, 0) is 46.1 Å². The SMILES string of the molecule is CC(C)(C)OC(=O)N1CCC(n2cc(Nc3cnc4c5c(cccc35)C(=O)N4C3CCC(=O)NC3=O)cn2)CC1. The first kappa shape index (κ1) is 25.8. The molecule has 3 aromatic rings. The number of aromatic nitrogens is 3. The van der Waals surface area contributed by atoms with Crippen LogP contribution in [0, 0.1) is 0 Å². The topological polar surface area (TPSA) is 139 Å². The van der Waals surface area contributed by atoms with Crippen molar-refractivity contribution in [2.24, 2.45) is 0 Å². The average molecular weight is 546 g/mol. The first-order valence-electron chi connectivity index (χ1n) is 13.5. The number of likely N-dealkylation sites (tertiary alicyclic amines) is 1. The molecule has 1 atom stereocenters. The number of nitrogens with zero attached hydrogens (tertiary/aromatic N) is 5. The maximum Gasteiger partial charge on any atom is 0.410 e. The Kier molecular flexibility index (Phi) is 6.20. The molecule has 2 saturated heterocycles. The van der Waals surface area contributed by atoms with E-state index >= 15 is 0 Å². The van der Waals surface area contributed by atoms with Gasteiger partial charge in [0.2, 0.25) is 11.8 Å². The van der Waals surface area contributed by atoms with Crippen LogP contribution in [0.3, 0.4) is 0 Å². The van der Waals surface area contributed by atoms with Crippen molar-refractivity contribution in [1.29, 1.82) is 0 Å². The molecule has 3 aliphatic heterocycles. The third-order valence-corrected chi connectivity index (χ3v) is 7.46. The van der Waals surface area contributed by atoms with Gasteiger partial charge in [-0.25, -0.2) is 9.78 Å². The van der Waals surface area contributed by atoms with E-state index in [9.17, 15) is 19.2 Å². The zero-order valence-electron chi connectivity index (χ0n) is 22.6.